The van der Waals surface area contributed by atoms with E-state index in [4.69, 9.17) is 11.6 Å². The molecule has 1 fully saturated rings. The zero-order valence-electron chi connectivity index (χ0n) is 10.5. The molecule has 0 aliphatic carbocycles. The average Bonchev–Trinajstić information content (AvgIpc) is 2.75. The van der Waals surface area contributed by atoms with Crippen molar-refractivity contribution < 1.29 is 9.90 Å². The molecule has 1 saturated heterocycles. The van der Waals surface area contributed by atoms with Crippen molar-refractivity contribution in [3.63, 3.8) is 0 Å². The van der Waals surface area contributed by atoms with Gasteiger partial charge in [0.2, 0.25) is 0 Å². The van der Waals surface area contributed by atoms with Gasteiger partial charge < -0.3 is 15.0 Å². The molecule has 2 atom stereocenters. The highest BCUT2D eigenvalue weighted by molar-refractivity contribution is 6.30. The van der Waals surface area contributed by atoms with Gasteiger partial charge in [0, 0.05) is 18.8 Å². The number of rotatable bonds is 3. The third kappa shape index (κ3) is 3.06. The highest BCUT2D eigenvalue weighted by Crippen LogP contribution is 2.23. The lowest BCUT2D eigenvalue weighted by Crippen LogP contribution is -2.45. The molecule has 2 heterocycles. The summed E-state index contributed by atoms with van der Waals surface area (Å²) in [6.45, 7) is 2.52. The Morgan fingerprint density at radius 2 is 2.44 bits per heavy atom. The van der Waals surface area contributed by atoms with E-state index in [0.29, 0.717) is 17.1 Å². The first-order valence-electron chi connectivity index (χ1n) is 6.41. The van der Waals surface area contributed by atoms with Crippen LogP contribution in [0.15, 0.2) is 12.3 Å². The highest BCUT2D eigenvalue weighted by Gasteiger charge is 2.28. The maximum absolute atomic E-state index is 12.4. The van der Waals surface area contributed by atoms with Crippen LogP contribution in [0.3, 0.4) is 0 Å². The molecule has 2 rings (SSSR count). The summed E-state index contributed by atoms with van der Waals surface area (Å²) in [5.41, 5.74) is 0.525. The van der Waals surface area contributed by atoms with E-state index >= 15 is 0 Å². The Labute approximate surface area is 112 Å². The van der Waals surface area contributed by atoms with Gasteiger partial charge in [-0.15, -0.1) is 0 Å². The maximum atomic E-state index is 12.4. The van der Waals surface area contributed by atoms with Gasteiger partial charge in [-0.05, 0) is 38.7 Å². The van der Waals surface area contributed by atoms with E-state index in [1.54, 1.807) is 19.2 Å². The van der Waals surface area contributed by atoms with Crippen molar-refractivity contribution in [2.75, 3.05) is 6.54 Å². The van der Waals surface area contributed by atoms with E-state index in [0.717, 1.165) is 25.8 Å². The lowest BCUT2D eigenvalue weighted by atomic mass is 9.97. The third-order valence-corrected chi connectivity index (χ3v) is 3.60. The van der Waals surface area contributed by atoms with Crippen LogP contribution in [0.2, 0.25) is 5.02 Å². The number of amides is 1. The van der Waals surface area contributed by atoms with Gasteiger partial charge in [-0.25, -0.2) is 0 Å². The molecule has 18 heavy (non-hydrogen) atoms. The second-order valence-corrected chi connectivity index (χ2v) is 5.40. The quantitative estimate of drug-likeness (QED) is 0.886. The van der Waals surface area contributed by atoms with Crippen molar-refractivity contribution in [2.24, 2.45) is 0 Å². The van der Waals surface area contributed by atoms with Crippen molar-refractivity contribution in [3.8, 4) is 0 Å². The number of halogens is 1. The number of hydrogen-bond acceptors (Lipinski definition) is 2. The number of likely N-dealkylation sites (tertiary alicyclic amines) is 1. The molecule has 100 valence electrons. The van der Waals surface area contributed by atoms with Crippen LogP contribution in [-0.2, 0) is 0 Å². The molecular formula is C13H19ClN2O2. The Morgan fingerprint density at radius 1 is 1.67 bits per heavy atom. The van der Waals surface area contributed by atoms with Gasteiger partial charge in [0.05, 0.1) is 11.1 Å². The van der Waals surface area contributed by atoms with Crippen LogP contribution >= 0.6 is 11.6 Å². The van der Waals surface area contributed by atoms with Crippen molar-refractivity contribution >= 4 is 17.5 Å². The normalized spacial score (nSPS) is 21.9. The summed E-state index contributed by atoms with van der Waals surface area (Å²) in [6.07, 6.45) is 4.98. The Bertz CT molecular complexity index is 417. The molecule has 1 aliphatic rings. The largest absolute Gasteiger partial charge is 0.393 e. The number of H-pyrrole nitrogens is 1. The number of nitrogens with zero attached hydrogens (tertiary/aromatic N) is 1. The molecule has 5 heteroatoms. The second kappa shape index (κ2) is 5.76. The fraction of sp³-hybridized carbons (Fsp3) is 0.615. The van der Waals surface area contributed by atoms with Gasteiger partial charge in [-0.3, -0.25) is 4.79 Å². The molecular weight excluding hydrogens is 252 g/mol. The summed E-state index contributed by atoms with van der Waals surface area (Å²) in [7, 11) is 0. The molecule has 0 radical (unpaired) electrons. The first-order chi connectivity index (χ1) is 8.58. The van der Waals surface area contributed by atoms with Crippen LogP contribution in [0.4, 0.5) is 0 Å². The van der Waals surface area contributed by atoms with E-state index in [1.807, 2.05) is 4.90 Å². The highest BCUT2D eigenvalue weighted by atomic mass is 35.5. The molecule has 4 nitrogen and oxygen atoms in total. The van der Waals surface area contributed by atoms with Gasteiger partial charge in [-0.2, -0.15) is 0 Å². The van der Waals surface area contributed by atoms with Crippen LogP contribution in [0, 0.1) is 0 Å². The number of piperidine rings is 1. The fourth-order valence-electron chi connectivity index (χ4n) is 2.55. The number of carbonyl (C=O) groups is 1. The molecule has 1 aromatic rings. The Kier molecular flexibility index (Phi) is 4.30. The average molecular weight is 271 g/mol. The predicted molar refractivity (Wildman–Crippen MR) is 70.8 cm³/mol. The molecule has 0 saturated carbocycles. The SMILES string of the molecule is C[C@H](O)C[C@@H]1CCCCN1C(=O)c1cc(Cl)c[nH]1. The molecule has 0 bridgehead atoms. The zero-order valence-corrected chi connectivity index (χ0v) is 11.3. The monoisotopic (exact) mass is 270 g/mol. The summed E-state index contributed by atoms with van der Waals surface area (Å²) in [4.78, 5) is 17.1. The molecule has 1 aliphatic heterocycles. The van der Waals surface area contributed by atoms with Crippen molar-refractivity contribution in [1.82, 2.24) is 9.88 Å². The molecule has 0 unspecified atom stereocenters. The fourth-order valence-corrected chi connectivity index (χ4v) is 2.72. The number of aromatic nitrogens is 1. The first kappa shape index (κ1) is 13.4. The number of carbonyl (C=O) groups excluding carboxylic acids is 1. The minimum atomic E-state index is -0.379. The maximum Gasteiger partial charge on any atom is 0.270 e. The first-order valence-corrected chi connectivity index (χ1v) is 6.78. The summed E-state index contributed by atoms with van der Waals surface area (Å²) < 4.78 is 0. The standard InChI is InChI=1S/C13H19ClN2O2/c1-9(17)6-11-4-2-3-5-16(11)13(18)12-7-10(14)8-15-12/h7-9,11,15,17H,2-6H2,1H3/t9-,11-/m0/s1. The number of aliphatic hydroxyl groups is 1. The minimum Gasteiger partial charge on any atom is -0.393 e. The molecule has 1 amide bonds. The van der Waals surface area contributed by atoms with Crippen LogP contribution in [0.25, 0.3) is 0 Å². The summed E-state index contributed by atoms with van der Waals surface area (Å²) in [5, 5.41) is 10.1. The summed E-state index contributed by atoms with van der Waals surface area (Å²) >= 11 is 5.82. The lowest BCUT2D eigenvalue weighted by molar-refractivity contribution is 0.0510. The van der Waals surface area contributed by atoms with Crippen LogP contribution in [0.1, 0.15) is 43.1 Å². The topological polar surface area (TPSA) is 56.3 Å². The van der Waals surface area contributed by atoms with E-state index in [2.05, 4.69) is 4.98 Å². The third-order valence-electron chi connectivity index (χ3n) is 3.38. The number of aliphatic hydroxyl groups excluding tert-OH is 1. The minimum absolute atomic E-state index is 0.0211. The van der Waals surface area contributed by atoms with Crippen molar-refractivity contribution in [2.45, 2.75) is 44.8 Å². The molecule has 0 spiro atoms. The molecule has 0 aromatic carbocycles. The van der Waals surface area contributed by atoms with Gasteiger partial charge >= 0.3 is 0 Å². The van der Waals surface area contributed by atoms with Crippen molar-refractivity contribution in [1.29, 1.82) is 0 Å². The van der Waals surface area contributed by atoms with E-state index < -0.39 is 0 Å². The summed E-state index contributed by atoms with van der Waals surface area (Å²) in [6, 6.07) is 1.78. The second-order valence-electron chi connectivity index (χ2n) is 4.96. The van der Waals surface area contributed by atoms with E-state index in [-0.39, 0.29) is 18.1 Å². The van der Waals surface area contributed by atoms with Gasteiger partial charge in [0.25, 0.3) is 5.91 Å². The van der Waals surface area contributed by atoms with Crippen LogP contribution in [-0.4, -0.2) is 39.6 Å². The zero-order chi connectivity index (χ0) is 13.1. The Morgan fingerprint density at radius 3 is 3.06 bits per heavy atom. The van der Waals surface area contributed by atoms with Gasteiger partial charge in [0.15, 0.2) is 0 Å². The summed E-state index contributed by atoms with van der Waals surface area (Å²) in [5.74, 6) is -0.0211. The van der Waals surface area contributed by atoms with E-state index in [9.17, 15) is 9.90 Å². The van der Waals surface area contributed by atoms with Crippen molar-refractivity contribution in [3.05, 3.63) is 23.0 Å². The number of hydrogen-bond donors (Lipinski definition) is 2. The van der Waals surface area contributed by atoms with Gasteiger partial charge in [-0.1, -0.05) is 11.6 Å². The Balaban J connectivity index is 2.10. The van der Waals surface area contributed by atoms with E-state index in [1.165, 1.54) is 0 Å². The Hall–Kier alpha value is -1.00. The molecule has 1 aromatic heterocycles. The number of nitrogens with one attached hydrogen (secondary N) is 1. The number of aromatic amines is 1. The lowest BCUT2D eigenvalue weighted by Gasteiger charge is -2.36. The van der Waals surface area contributed by atoms with Crippen LogP contribution in [0.5, 0.6) is 0 Å². The predicted octanol–water partition coefficient (Wildman–Crippen LogP) is 2.43. The van der Waals surface area contributed by atoms with Crippen LogP contribution < -0.4 is 0 Å². The molecule has 2 N–H and O–H groups in total. The van der Waals surface area contributed by atoms with Gasteiger partial charge in [0.1, 0.15) is 5.69 Å². The smallest absolute Gasteiger partial charge is 0.270 e.